The van der Waals surface area contributed by atoms with Crippen molar-refractivity contribution in [2.45, 2.75) is 65.1 Å². The molecule has 2 N–H and O–H groups in total. The molecule has 1 aliphatic carbocycles. The summed E-state index contributed by atoms with van der Waals surface area (Å²) >= 11 is 0. The number of rotatable bonds is 5. The minimum absolute atomic E-state index is 0.383. The van der Waals surface area contributed by atoms with Crippen LogP contribution < -0.4 is 0 Å². The van der Waals surface area contributed by atoms with E-state index in [2.05, 4.69) is 4.74 Å². The Hall–Kier alpha value is -1.65. The van der Waals surface area contributed by atoms with Crippen molar-refractivity contribution in [3.63, 3.8) is 0 Å². The third-order valence-corrected chi connectivity index (χ3v) is 5.17. The average molecular weight is 348 g/mol. The quantitative estimate of drug-likeness (QED) is 0.450. The molecule has 0 bridgehead atoms. The van der Waals surface area contributed by atoms with Crippen LogP contribution in [-0.4, -0.2) is 34.5 Å². The van der Waals surface area contributed by atoms with Crippen LogP contribution in [0.2, 0.25) is 0 Å². The Morgan fingerprint density at radius 3 is 2.24 bits per heavy atom. The Kier molecular flexibility index (Phi) is 6.98. The first-order chi connectivity index (χ1) is 11.4. The highest BCUT2D eigenvalue weighted by Gasteiger charge is 2.56. The van der Waals surface area contributed by atoms with Gasteiger partial charge >= 0.3 is 5.97 Å². The third kappa shape index (κ3) is 5.16. The van der Waals surface area contributed by atoms with E-state index in [1.165, 1.54) is 13.2 Å². The van der Waals surface area contributed by atoms with Gasteiger partial charge in [0.05, 0.1) is 12.7 Å². The van der Waals surface area contributed by atoms with Crippen LogP contribution >= 0.6 is 0 Å². The normalized spacial score (nSPS) is 30.9. The summed E-state index contributed by atoms with van der Waals surface area (Å²) in [6.07, 6.45) is 12.9. The first-order valence-corrected chi connectivity index (χ1v) is 8.70. The van der Waals surface area contributed by atoms with Gasteiger partial charge in [-0.15, -0.1) is 0 Å². The second kappa shape index (κ2) is 8.15. The summed E-state index contributed by atoms with van der Waals surface area (Å²) in [5.74, 6) is -0.383. The SMILES string of the molecule is COC(=O)/C=C(C)/C=C/C=C(C)/C=C/C1(O)C(C)(C)CCCC1(C)O. The molecule has 1 aliphatic rings. The maximum Gasteiger partial charge on any atom is 0.330 e. The van der Waals surface area contributed by atoms with Gasteiger partial charge in [-0.05, 0) is 57.1 Å². The molecule has 2 unspecified atom stereocenters. The lowest BCUT2D eigenvalue weighted by Gasteiger charge is -2.53. The first kappa shape index (κ1) is 21.4. The zero-order valence-corrected chi connectivity index (χ0v) is 16.3. The molecule has 2 atom stereocenters. The van der Waals surface area contributed by atoms with Gasteiger partial charge in [0.2, 0.25) is 0 Å². The molecule has 0 aromatic carbocycles. The molecule has 4 heteroatoms. The predicted molar refractivity (Wildman–Crippen MR) is 101 cm³/mol. The van der Waals surface area contributed by atoms with E-state index >= 15 is 0 Å². The molecule has 4 nitrogen and oxygen atoms in total. The van der Waals surface area contributed by atoms with E-state index < -0.39 is 16.6 Å². The number of hydrogen-bond acceptors (Lipinski definition) is 4. The van der Waals surface area contributed by atoms with Gasteiger partial charge in [-0.2, -0.15) is 0 Å². The summed E-state index contributed by atoms with van der Waals surface area (Å²) in [6, 6.07) is 0. The highest BCUT2D eigenvalue weighted by Crippen LogP contribution is 2.50. The number of methoxy groups -OCH3 is 1. The van der Waals surface area contributed by atoms with Crippen LogP contribution in [-0.2, 0) is 9.53 Å². The second-order valence-electron chi connectivity index (χ2n) is 7.79. The lowest BCUT2D eigenvalue weighted by molar-refractivity contribution is -0.194. The third-order valence-electron chi connectivity index (χ3n) is 5.17. The van der Waals surface area contributed by atoms with Gasteiger partial charge in [0.1, 0.15) is 5.60 Å². The van der Waals surface area contributed by atoms with E-state index in [-0.39, 0.29) is 5.97 Å². The molecule has 0 heterocycles. The molecule has 0 radical (unpaired) electrons. The number of aliphatic hydroxyl groups is 2. The van der Waals surface area contributed by atoms with Gasteiger partial charge < -0.3 is 14.9 Å². The molecule has 0 spiro atoms. The van der Waals surface area contributed by atoms with E-state index in [0.717, 1.165) is 24.0 Å². The molecule has 140 valence electrons. The summed E-state index contributed by atoms with van der Waals surface area (Å²) in [7, 11) is 1.34. The predicted octanol–water partition coefficient (Wildman–Crippen LogP) is 3.86. The number of ether oxygens (including phenoxy) is 1. The summed E-state index contributed by atoms with van der Waals surface area (Å²) in [5, 5.41) is 21.9. The average Bonchev–Trinajstić information content (AvgIpc) is 2.50. The molecule has 0 aromatic rings. The Balaban J connectivity index is 2.92. The van der Waals surface area contributed by atoms with Gasteiger partial charge in [-0.25, -0.2) is 4.79 Å². The molecule has 0 aliphatic heterocycles. The number of hydrogen-bond donors (Lipinski definition) is 2. The van der Waals surface area contributed by atoms with Crippen molar-refractivity contribution in [1.29, 1.82) is 0 Å². The Morgan fingerprint density at radius 1 is 1.04 bits per heavy atom. The summed E-state index contributed by atoms with van der Waals surface area (Å²) in [5.41, 5.74) is -1.11. The first-order valence-electron chi connectivity index (χ1n) is 8.70. The Morgan fingerprint density at radius 2 is 1.68 bits per heavy atom. The minimum Gasteiger partial charge on any atom is -0.466 e. The van der Waals surface area contributed by atoms with Gasteiger partial charge in [-0.3, -0.25) is 0 Å². The van der Waals surface area contributed by atoms with E-state index in [9.17, 15) is 15.0 Å². The van der Waals surface area contributed by atoms with Crippen molar-refractivity contribution in [2.75, 3.05) is 7.11 Å². The van der Waals surface area contributed by atoms with Crippen LogP contribution in [0, 0.1) is 5.41 Å². The molecule has 0 saturated heterocycles. The number of allylic oxidation sites excluding steroid dienone is 6. The van der Waals surface area contributed by atoms with Crippen LogP contribution in [0.25, 0.3) is 0 Å². The van der Waals surface area contributed by atoms with Crippen molar-refractivity contribution in [3.8, 4) is 0 Å². The fourth-order valence-electron chi connectivity index (χ4n) is 3.34. The number of esters is 1. The molecular formula is C21H32O4. The van der Waals surface area contributed by atoms with Crippen molar-refractivity contribution in [1.82, 2.24) is 0 Å². The lowest BCUT2D eigenvalue weighted by Crippen LogP contribution is -2.62. The van der Waals surface area contributed by atoms with Crippen molar-refractivity contribution in [2.24, 2.45) is 5.41 Å². The fourth-order valence-corrected chi connectivity index (χ4v) is 3.34. The van der Waals surface area contributed by atoms with Crippen LogP contribution in [0.3, 0.4) is 0 Å². The highest BCUT2D eigenvalue weighted by atomic mass is 16.5. The maximum absolute atomic E-state index is 11.2. The van der Waals surface area contributed by atoms with Crippen LogP contribution in [0.1, 0.15) is 53.9 Å². The van der Waals surface area contributed by atoms with Gasteiger partial charge in [-0.1, -0.05) is 43.7 Å². The number of carbonyl (C=O) groups is 1. The van der Waals surface area contributed by atoms with Crippen LogP contribution in [0.15, 0.2) is 47.6 Å². The summed E-state index contributed by atoms with van der Waals surface area (Å²) in [6.45, 7) is 9.43. The molecule has 1 rings (SSSR count). The molecule has 0 amide bonds. The largest absolute Gasteiger partial charge is 0.466 e. The van der Waals surface area contributed by atoms with Gasteiger partial charge in [0, 0.05) is 6.08 Å². The van der Waals surface area contributed by atoms with Crippen molar-refractivity contribution < 1.29 is 19.7 Å². The second-order valence-corrected chi connectivity index (χ2v) is 7.79. The molecule has 25 heavy (non-hydrogen) atoms. The lowest BCUT2D eigenvalue weighted by atomic mass is 9.58. The summed E-state index contributed by atoms with van der Waals surface area (Å²) < 4.78 is 4.58. The van der Waals surface area contributed by atoms with Crippen LogP contribution in [0.5, 0.6) is 0 Å². The Bertz CT molecular complexity index is 587. The zero-order valence-electron chi connectivity index (χ0n) is 16.3. The fraction of sp³-hybridized carbons (Fsp3) is 0.571. The molecule has 1 saturated carbocycles. The van der Waals surface area contributed by atoms with Crippen molar-refractivity contribution >= 4 is 5.97 Å². The van der Waals surface area contributed by atoms with Gasteiger partial charge in [0.15, 0.2) is 0 Å². The molecule has 1 fully saturated rings. The zero-order chi connectivity index (χ0) is 19.3. The number of carbonyl (C=O) groups excluding carboxylic acids is 1. The van der Waals surface area contributed by atoms with E-state index in [1.807, 2.05) is 52.0 Å². The Labute approximate surface area is 151 Å². The highest BCUT2D eigenvalue weighted by molar-refractivity contribution is 5.83. The van der Waals surface area contributed by atoms with Crippen molar-refractivity contribution in [3.05, 3.63) is 47.6 Å². The summed E-state index contributed by atoms with van der Waals surface area (Å²) in [4.78, 5) is 11.1. The monoisotopic (exact) mass is 348 g/mol. The minimum atomic E-state index is -1.28. The maximum atomic E-state index is 11.2. The topological polar surface area (TPSA) is 66.8 Å². The smallest absolute Gasteiger partial charge is 0.330 e. The van der Waals surface area contributed by atoms with Gasteiger partial charge in [0.25, 0.3) is 0 Å². The molecule has 0 aromatic heterocycles. The van der Waals surface area contributed by atoms with Crippen LogP contribution in [0.4, 0.5) is 0 Å². The standard InChI is InChI=1S/C21H32O4/c1-16(9-7-10-17(2)15-18(22)25-6)11-14-21(24)19(3,4)12-8-13-20(21,5)23/h7,9-11,14-15,23-24H,8,12-13H2,1-6H3/b10-7+,14-11+,16-9+,17-15+. The van der Waals surface area contributed by atoms with E-state index in [4.69, 9.17) is 0 Å². The molecular weight excluding hydrogens is 316 g/mol. The van der Waals surface area contributed by atoms with E-state index in [1.54, 1.807) is 13.0 Å². The van der Waals surface area contributed by atoms with E-state index in [0.29, 0.717) is 6.42 Å².